The summed E-state index contributed by atoms with van der Waals surface area (Å²) < 4.78 is 25.2. The van der Waals surface area contributed by atoms with E-state index in [0.29, 0.717) is 19.1 Å². The molecular weight excluding hydrogens is 238 g/mol. The minimum absolute atomic E-state index is 0.170. The third-order valence-electron chi connectivity index (χ3n) is 2.47. The monoisotopic (exact) mass is 265 g/mol. The summed E-state index contributed by atoms with van der Waals surface area (Å²) in [6, 6.07) is 0.323. The Balaban J connectivity index is 3.95. The largest absolute Gasteiger partial charge is 0.313 e. The number of nitrogens with one attached hydrogen (secondary N) is 1. The predicted octanol–water partition coefficient (Wildman–Crippen LogP) is 0.198. The van der Waals surface area contributed by atoms with Crippen LogP contribution in [0.4, 0.5) is 0 Å². The number of hydrogen-bond acceptors (Lipinski definition) is 4. The van der Waals surface area contributed by atoms with Gasteiger partial charge in [-0.15, -0.1) is 0 Å². The number of nitrogens with zero attached hydrogens (tertiary/aromatic N) is 2. The second-order valence-electron chi connectivity index (χ2n) is 4.90. The summed E-state index contributed by atoms with van der Waals surface area (Å²) in [7, 11) is 2.53. The van der Waals surface area contributed by atoms with Gasteiger partial charge >= 0.3 is 0 Å². The Labute approximate surface area is 106 Å². The Bertz CT molecular complexity index is 289. The Morgan fingerprint density at radius 3 is 2.18 bits per heavy atom. The van der Waals surface area contributed by atoms with E-state index in [2.05, 4.69) is 10.2 Å². The van der Waals surface area contributed by atoms with Crippen molar-refractivity contribution in [1.82, 2.24) is 14.5 Å². The standard InChI is InChI=1S/C11H27N3O2S/c1-11(2)12-7-10-17(15,16)14(5)9-6-8-13(3)4/h11-12H,6-10H2,1-5H3. The first-order valence-corrected chi connectivity index (χ1v) is 7.68. The maximum Gasteiger partial charge on any atom is 0.215 e. The lowest BCUT2D eigenvalue weighted by atomic mass is 10.4. The van der Waals surface area contributed by atoms with E-state index < -0.39 is 10.0 Å². The van der Waals surface area contributed by atoms with Gasteiger partial charge in [-0.05, 0) is 27.1 Å². The van der Waals surface area contributed by atoms with Crippen LogP contribution < -0.4 is 5.32 Å². The van der Waals surface area contributed by atoms with Crippen LogP contribution in [0.25, 0.3) is 0 Å². The van der Waals surface area contributed by atoms with Crippen LogP contribution in [-0.2, 0) is 10.0 Å². The minimum Gasteiger partial charge on any atom is -0.313 e. The van der Waals surface area contributed by atoms with Crippen LogP contribution in [0.2, 0.25) is 0 Å². The molecule has 0 aromatic rings. The van der Waals surface area contributed by atoms with E-state index in [9.17, 15) is 8.42 Å². The summed E-state index contributed by atoms with van der Waals surface area (Å²) >= 11 is 0. The van der Waals surface area contributed by atoms with Gasteiger partial charge in [-0.3, -0.25) is 0 Å². The van der Waals surface area contributed by atoms with Crippen molar-refractivity contribution in [1.29, 1.82) is 0 Å². The molecule has 0 aliphatic rings. The molecule has 0 bridgehead atoms. The van der Waals surface area contributed by atoms with Crippen molar-refractivity contribution in [3.05, 3.63) is 0 Å². The van der Waals surface area contributed by atoms with Crippen molar-refractivity contribution in [3.8, 4) is 0 Å². The highest BCUT2D eigenvalue weighted by Crippen LogP contribution is 1.99. The van der Waals surface area contributed by atoms with E-state index in [1.165, 1.54) is 4.31 Å². The van der Waals surface area contributed by atoms with Gasteiger partial charge in [0.1, 0.15) is 0 Å². The zero-order valence-electron chi connectivity index (χ0n) is 11.7. The molecule has 0 spiro atoms. The van der Waals surface area contributed by atoms with E-state index in [1.54, 1.807) is 7.05 Å². The molecular formula is C11H27N3O2S. The molecule has 0 heterocycles. The van der Waals surface area contributed by atoms with Crippen molar-refractivity contribution in [2.45, 2.75) is 26.3 Å². The lowest BCUT2D eigenvalue weighted by molar-refractivity contribution is 0.370. The average Bonchev–Trinajstić information content (AvgIpc) is 2.15. The zero-order valence-corrected chi connectivity index (χ0v) is 12.5. The van der Waals surface area contributed by atoms with Crippen LogP contribution in [-0.4, -0.2) is 70.2 Å². The SMILES string of the molecule is CC(C)NCCS(=O)(=O)N(C)CCCN(C)C. The maximum atomic E-state index is 11.9. The topological polar surface area (TPSA) is 52.7 Å². The van der Waals surface area contributed by atoms with E-state index >= 15 is 0 Å². The van der Waals surface area contributed by atoms with Gasteiger partial charge in [-0.2, -0.15) is 0 Å². The second kappa shape index (κ2) is 8.02. The molecule has 0 aromatic heterocycles. The fourth-order valence-corrected chi connectivity index (χ4v) is 2.48. The fourth-order valence-electron chi connectivity index (χ4n) is 1.38. The second-order valence-corrected chi connectivity index (χ2v) is 7.10. The lowest BCUT2D eigenvalue weighted by Gasteiger charge is -2.19. The fraction of sp³-hybridized carbons (Fsp3) is 1.00. The Morgan fingerprint density at radius 1 is 1.12 bits per heavy atom. The molecule has 0 radical (unpaired) electrons. The van der Waals surface area contributed by atoms with Crippen molar-refractivity contribution in [3.63, 3.8) is 0 Å². The molecule has 5 nitrogen and oxygen atoms in total. The summed E-state index contributed by atoms with van der Waals surface area (Å²) in [6.07, 6.45) is 0.861. The number of rotatable bonds is 9. The molecule has 0 saturated heterocycles. The predicted molar refractivity (Wildman–Crippen MR) is 72.7 cm³/mol. The maximum absolute atomic E-state index is 11.9. The Kier molecular flexibility index (Phi) is 7.94. The van der Waals surface area contributed by atoms with Crippen molar-refractivity contribution >= 4 is 10.0 Å². The highest BCUT2D eigenvalue weighted by Gasteiger charge is 2.16. The highest BCUT2D eigenvalue weighted by atomic mass is 32.2. The summed E-state index contributed by atoms with van der Waals surface area (Å²) in [5, 5.41) is 3.12. The van der Waals surface area contributed by atoms with Gasteiger partial charge in [0.05, 0.1) is 5.75 Å². The Hall–Kier alpha value is -0.170. The molecule has 17 heavy (non-hydrogen) atoms. The van der Waals surface area contributed by atoms with E-state index in [1.807, 2.05) is 27.9 Å². The van der Waals surface area contributed by atoms with Gasteiger partial charge in [0.25, 0.3) is 0 Å². The molecule has 0 aliphatic carbocycles. The molecule has 0 rings (SSSR count). The summed E-state index contributed by atoms with van der Waals surface area (Å²) in [6.45, 7) is 6.02. The van der Waals surface area contributed by atoms with Crippen molar-refractivity contribution < 1.29 is 8.42 Å². The molecule has 0 saturated carbocycles. The first-order chi connectivity index (χ1) is 7.75. The van der Waals surface area contributed by atoms with Crippen molar-refractivity contribution in [2.24, 2.45) is 0 Å². The third kappa shape index (κ3) is 8.54. The van der Waals surface area contributed by atoms with E-state index in [4.69, 9.17) is 0 Å². The van der Waals surface area contributed by atoms with Gasteiger partial charge in [0.15, 0.2) is 0 Å². The van der Waals surface area contributed by atoms with Crippen LogP contribution in [0, 0.1) is 0 Å². The van der Waals surface area contributed by atoms with Crippen LogP contribution in [0.5, 0.6) is 0 Å². The molecule has 0 aliphatic heterocycles. The van der Waals surface area contributed by atoms with E-state index in [0.717, 1.165) is 13.0 Å². The first-order valence-electron chi connectivity index (χ1n) is 6.08. The van der Waals surface area contributed by atoms with Crippen LogP contribution >= 0.6 is 0 Å². The first kappa shape index (κ1) is 16.8. The van der Waals surface area contributed by atoms with Crippen molar-refractivity contribution in [2.75, 3.05) is 46.5 Å². The molecule has 104 valence electrons. The number of sulfonamides is 1. The molecule has 0 aromatic carbocycles. The number of hydrogen-bond donors (Lipinski definition) is 1. The Morgan fingerprint density at radius 2 is 1.71 bits per heavy atom. The quantitative estimate of drug-likeness (QED) is 0.647. The zero-order chi connectivity index (χ0) is 13.5. The summed E-state index contributed by atoms with van der Waals surface area (Å²) in [4.78, 5) is 2.06. The van der Waals surface area contributed by atoms with Gasteiger partial charge in [-0.1, -0.05) is 13.8 Å². The molecule has 6 heteroatoms. The molecule has 0 atom stereocenters. The average molecular weight is 265 g/mol. The van der Waals surface area contributed by atoms with Gasteiger partial charge in [-0.25, -0.2) is 12.7 Å². The lowest BCUT2D eigenvalue weighted by Crippen LogP contribution is -2.36. The third-order valence-corrected chi connectivity index (χ3v) is 4.32. The van der Waals surface area contributed by atoms with Gasteiger partial charge in [0.2, 0.25) is 10.0 Å². The smallest absolute Gasteiger partial charge is 0.215 e. The molecule has 0 amide bonds. The van der Waals surface area contributed by atoms with Gasteiger partial charge in [0, 0.05) is 26.2 Å². The minimum atomic E-state index is -3.10. The van der Waals surface area contributed by atoms with Crippen LogP contribution in [0.3, 0.4) is 0 Å². The normalized spacial score (nSPS) is 12.9. The molecule has 1 N–H and O–H groups in total. The van der Waals surface area contributed by atoms with Gasteiger partial charge < -0.3 is 10.2 Å². The summed E-state index contributed by atoms with van der Waals surface area (Å²) in [5.41, 5.74) is 0. The van der Waals surface area contributed by atoms with Crippen LogP contribution in [0.1, 0.15) is 20.3 Å². The van der Waals surface area contributed by atoms with E-state index in [-0.39, 0.29) is 5.75 Å². The summed E-state index contributed by atoms with van der Waals surface area (Å²) in [5.74, 6) is 0.170. The molecule has 0 unspecified atom stereocenters. The molecule has 0 fully saturated rings. The van der Waals surface area contributed by atoms with Crippen LogP contribution in [0.15, 0.2) is 0 Å². The highest BCUT2D eigenvalue weighted by molar-refractivity contribution is 7.89.